The molecule has 0 aromatic heterocycles. The van der Waals surface area contributed by atoms with Gasteiger partial charge in [0, 0.05) is 30.6 Å². The molecule has 0 unspecified atom stereocenters. The summed E-state index contributed by atoms with van der Waals surface area (Å²) in [7, 11) is -2.12. The Kier molecular flexibility index (Phi) is 12.2. The van der Waals surface area contributed by atoms with E-state index in [1.807, 2.05) is 32.9 Å². The van der Waals surface area contributed by atoms with Crippen molar-refractivity contribution in [3.8, 4) is 5.75 Å². The SMILES string of the molecule is CC[C@@H](C)NC(=O)[C@H](CC)N(Cc1ccc(OC)cc1)C(=O)CCCN(c1cc(Cl)ccc1Cl)S(C)(=O)=O. The molecule has 0 fully saturated rings. The lowest BCUT2D eigenvalue weighted by atomic mass is 10.1. The van der Waals surface area contributed by atoms with Gasteiger partial charge < -0.3 is 15.0 Å². The van der Waals surface area contributed by atoms with Crippen molar-refractivity contribution in [1.82, 2.24) is 10.2 Å². The van der Waals surface area contributed by atoms with E-state index in [2.05, 4.69) is 5.32 Å². The van der Waals surface area contributed by atoms with E-state index in [4.69, 9.17) is 27.9 Å². The van der Waals surface area contributed by atoms with Crippen molar-refractivity contribution in [2.24, 2.45) is 0 Å². The Bertz CT molecular complexity index is 1190. The second-order valence-electron chi connectivity index (χ2n) is 9.15. The lowest BCUT2D eigenvalue weighted by Crippen LogP contribution is -2.50. The summed E-state index contributed by atoms with van der Waals surface area (Å²) < 4.78 is 31.5. The molecule has 11 heteroatoms. The molecule has 0 heterocycles. The second-order valence-corrected chi connectivity index (χ2v) is 11.9. The van der Waals surface area contributed by atoms with Gasteiger partial charge in [0.25, 0.3) is 0 Å². The van der Waals surface area contributed by atoms with Gasteiger partial charge in [0.15, 0.2) is 0 Å². The predicted molar refractivity (Wildman–Crippen MR) is 153 cm³/mol. The van der Waals surface area contributed by atoms with Gasteiger partial charge in [-0.05, 0) is 62.1 Å². The number of amides is 2. The fourth-order valence-corrected chi connectivity index (χ4v) is 5.35. The number of sulfonamides is 1. The normalized spacial score (nSPS) is 12.9. The Balaban J connectivity index is 2.26. The van der Waals surface area contributed by atoms with Gasteiger partial charge in [0.1, 0.15) is 11.8 Å². The van der Waals surface area contributed by atoms with Crippen LogP contribution < -0.4 is 14.4 Å². The minimum absolute atomic E-state index is 0.0247. The molecule has 8 nitrogen and oxygen atoms in total. The van der Waals surface area contributed by atoms with Gasteiger partial charge in [-0.3, -0.25) is 13.9 Å². The van der Waals surface area contributed by atoms with Gasteiger partial charge in [-0.2, -0.15) is 0 Å². The van der Waals surface area contributed by atoms with E-state index in [1.54, 1.807) is 30.2 Å². The van der Waals surface area contributed by atoms with Crippen LogP contribution in [0, 0.1) is 0 Å². The molecule has 0 spiro atoms. The fourth-order valence-electron chi connectivity index (χ4n) is 3.95. The van der Waals surface area contributed by atoms with Gasteiger partial charge in [-0.1, -0.05) is 49.2 Å². The Morgan fingerprint density at radius 1 is 1.05 bits per heavy atom. The van der Waals surface area contributed by atoms with Gasteiger partial charge in [-0.15, -0.1) is 0 Å². The molecule has 2 aromatic rings. The van der Waals surface area contributed by atoms with Gasteiger partial charge in [0.05, 0.1) is 24.1 Å². The Hall–Kier alpha value is -2.49. The first-order valence-electron chi connectivity index (χ1n) is 12.6. The number of halogens is 2. The molecule has 210 valence electrons. The summed E-state index contributed by atoms with van der Waals surface area (Å²) in [6.45, 7) is 6.01. The van der Waals surface area contributed by atoms with Crippen LogP contribution in [0.1, 0.15) is 52.0 Å². The van der Waals surface area contributed by atoms with Crippen molar-refractivity contribution in [2.45, 2.75) is 65.1 Å². The van der Waals surface area contributed by atoms with Gasteiger partial charge in [-0.25, -0.2) is 8.42 Å². The maximum Gasteiger partial charge on any atom is 0.243 e. The summed E-state index contributed by atoms with van der Waals surface area (Å²) in [5, 5.41) is 3.56. The Morgan fingerprint density at radius 2 is 1.71 bits per heavy atom. The monoisotopic (exact) mass is 585 g/mol. The van der Waals surface area contributed by atoms with Crippen molar-refractivity contribution in [3.63, 3.8) is 0 Å². The van der Waals surface area contributed by atoms with Gasteiger partial charge >= 0.3 is 0 Å². The highest BCUT2D eigenvalue weighted by Gasteiger charge is 2.29. The lowest BCUT2D eigenvalue weighted by molar-refractivity contribution is -0.141. The van der Waals surface area contributed by atoms with E-state index >= 15 is 0 Å². The van der Waals surface area contributed by atoms with Crippen molar-refractivity contribution < 1.29 is 22.7 Å². The van der Waals surface area contributed by atoms with E-state index in [1.165, 1.54) is 12.1 Å². The molecule has 0 saturated carbocycles. The summed E-state index contributed by atoms with van der Waals surface area (Å²) >= 11 is 12.3. The number of benzene rings is 2. The molecule has 2 aromatic carbocycles. The third kappa shape index (κ3) is 9.06. The first kappa shape index (κ1) is 31.7. The van der Waals surface area contributed by atoms with Crippen LogP contribution in [-0.2, 0) is 26.2 Å². The van der Waals surface area contributed by atoms with Crippen LogP contribution in [0.5, 0.6) is 5.75 Å². The van der Waals surface area contributed by atoms with Crippen LogP contribution in [0.4, 0.5) is 5.69 Å². The van der Waals surface area contributed by atoms with Crippen molar-refractivity contribution in [1.29, 1.82) is 0 Å². The summed E-state index contributed by atoms with van der Waals surface area (Å²) in [5.74, 6) is 0.221. The zero-order valence-corrected chi connectivity index (χ0v) is 24.9. The number of hydrogen-bond acceptors (Lipinski definition) is 5. The van der Waals surface area contributed by atoms with E-state index in [0.717, 1.165) is 22.5 Å². The number of carbonyl (C=O) groups excluding carboxylic acids is 2. The average molecular weight is 587 g/mol. The molecule has 0 aliphatic carbocycles. The minimum Gasteiger partial charge on any atom is -0.497 e. The Labute approximate surface area is 236 Å². The zero-order valence-electron chi connectivity index (χ0n) is 22.5. The van der Waals surface area contributed by atoms with E-state index in [0.29, 0.717) is 17.2 Å². The Morgan fingerprint density at radius 3 is 2.26 bits per heavy atom. The molecule has 38 heavy (non-hydrogen) atoms. The number of anilines is 1. The van der Waals surface area contributed by atoms with Crippen molar-refractivity contribution in [3.05, 3.63) is 58.1 Å². The van der Waals surface area contributed by atoms with Crippen LogP contribution in [0.25, 0.3) is 0 Å². The summed E-state index contributed by atoms with van der Waals surface area (Å²) in [6.07, 6.45) is 2.53. The molecule has 2 rings (SSSR count). The molecular weight excluding hydrogens is 549 g/mol. The number of nitrogens with one attached hydrogen (secondary N) is 1. The van der Waals surface area contributed by atoms with Crippen molar-refractivity contribution >= 4 is 50.7 Å². The zero-order chi connectivity index (χ0) is 28.5. The smallest absolute Gasteiger partial charge is 0.243 e. The van der Waals surface area contributed by atoms with Crippen molar-refractivity contribution in [2.75, 3.05) is 24.2 Å². The number of carbonyl (C=O) groups is 2. The molecule has 0 aliphatic rings. The average Bonchev–Trinajstić information content (AvgIpc) is 2.87. The maximum atomic E-state index is 13.5. The molecule has 0 bridgehead atoms. The van der Waals surface area contributed by atoms with Crippen LogP contribution >= 0.6 is 23.2 Å². The molecule has 0 saturated heterocycles. The van der Waals surface area contributed by atoms with E-state index < -0.39 is 16.1 Å². The predicted octanol–water partition coefficient (Wildman–Crippen LogP) is 5.27. The number of rotatable bonds is 14. The molecule has 2 amide bonds. The quantitative estimate of drug-likeness (QED) is 0.326. The number of methoxy groups -OCH3 is 1. The highest BCUT2D eigenvalue weighted by molar-refractivity contribution is 7.92. The van der Waals surface area contributed by atoms with Gasteiger partial charge in [0.2, 0.25) is 21.8 Å². The standard InChI is InChI=1S/C27H37Cl2N3O5S/c1-6-19(3)30-27(34)24(7-2)31(18-20-10-13-22(37-4)14-11-20)26(33)9-8-16-32(38(5,35)36)25-17-21(28)12-15-23(25)29/h10-15,17,19,24H,6-9,16,18H2,1-5H3,(H,30,34)/t19-,24+/m1/s1. The van der Waals surface area contributed by atoms with E-state index in [-0.39, 0.29) is 54.5 Å². The third-order valence-corrected chi connectivity index (χ3v) is 7.96. The maximum absolute atomic E-state index is 13.5. The number of hydrogen-bond donors (Lipinski definition) is 1. The second kappa shape index (κ2) is 14.6. The van der Waals surface area contributed by atoms with Crippen LogP contribution in [0.2, 0.25) is 10.0 Å². The number of nitrogens with zero attached hydrogens (tertiary/aromatic N) is 2. The highest BCUT2D eigenvalue weighted by atomic mass is 35.5. The first-order valence-corrected chi connectivity index (χ1v) is 15.2. The lowest BCUT2D eigenvalue weighted by Gasteiger charge is -2.32. The molecule has 0 aliphatic heterocycles. The van der Waals surface area contributed by atoms with Crippen LogP contribution in [-0.4, -0.2) is 57.1 Å². The number of ether oxygens (including phenoxy) is 1. The third-order valence-electron chi connectivity index (χ3n) is 6.23. The fraction of sp³-hybridized carbons (Fsp3) is 0.481. The minimum atomic E-state index is -3.69. The summed E-state index contributed by atoms with van der Waals surface area (Å²) in [4.78, 5) is 28.2. The molecule has 0 radical (unpaired) electrons. The van der Waals surface area contributed by atoms with E-state index in [9.17, 15) is 18.0 Å². The largest absolute Gasteiger partial charge is 0.497 e. The topological polar surface area (TPSA) is 96.0 Å². The summed E-state index contributed by atoms with van der Waals surface area (Å²) in [6, 6.07) is 11.2. The molecular formula is C27H37Cl2N3O5S. The van der Waals surface area contributed by atoms with Crippen LogP contribution in [0.15, 0.2) is 42.5 Å². The van der Waals surface area contributed by atoms with Crippen LogP contribution in [0.3, 0.4) is 0 Å². The first-order chi connectivity index (χ1) is 17.9. The summed E-state index contributed by atoms with van der Waals surface area (Å²) in [5.41, 5.74) is 1.10. The highest BCUT2D eigenvalue weighted by Crippen LogP contribution is 2.31. The molecule has 1 N–H and O–H groups in total. The molecule has 2 atom stereocenters.